The van der Waals surface area contributed by atoms with Crippen molar-refractivity contribution in [3.05, 3.63) is 5.82 Å². The van der Waals surface area contributed by atoms with Gasteiger partial charge >= 0.3 is 0 Å². The zero-order valence-electron chi connectivity index (χ0n) is 39.2. The number of hydrogen-bond donors (Lipinski definition) is 3. The number of anilines is 2. The second kappa shape index (κ2) is 17.3. The molecule has 0 radical (unpaired) electrons. The first kappa shape index (κ1) is 47.6. The van der Waals surface area contributed by atoms with Crippen molar-refractivity contribution < 1.29 is 0 Å². The number of nitrogens with one attached hydrogen (secondary N) is 3. The lowest BCUT2D eigenvalue weighted by Crippen LogP contribution is -2.62. The third-order valence-electron chi connectivity index (χ3n) is 10.4. The molecule has 1 aliphatic rings. The van der Waals surface area contributed by atoms with Crippen LogP contribution in [0, 0.1) is 5.41 Å². The molecular formula is C45H90N8. The zero-order chi connectivity index (χ0) is 41.1. The van der Waals surface area contributed by atoms with E-state index >= 15 is 0 Å². The highest BCUT2D eigenvalue weighted by Gasteiger charge is 2.41. The van der Waals surface area contributed by atoms with Crippen molar-refractivity contribution >= 4 is 11.9 Å². The Hall–Kier alpha value is -1.51. The highest BCUT2D eigenvalue weighted by molar-refractivity contribution is 5.41. The van der Waals surface area contributed by atoms with E-state index in [1.807, 2.05) is 0 Å². The number of rotatable bonds is 17. The smallest absolute Gasteiger partial charge is 0.230 e. The summed E-state index contributed by atoms with van der Waals surface area (Å²) in [5.74, 6) is 2.37. The predicted octanol–water partition coefficient (Wildman–Crippen LogP) is 10.9. The van der Waals surface area contributed by atoms with Gasteiger partial charge in [0.15, 0.2) is 0 Å². The Labute approximate surface area is 330 Å². The van der Waals surface area contributed by atoms with E-state index in [4.69, 9.17) is 15.0 Å². The van der Waals surface area contributed by atoms with Gasteiger partial charge < -0.3 is 20.9 Å². The van der Waals surface area contributed by atoms with Crippen molar-refractivity contribution in [2.75, 3.05) is 23.3 Å². The third kappa shape index (κ3) is 17.0. The van der Waals surface area contributed by atoms with Crippen molar-refractivity contribution in [3.8, 4) is 0 Å². The molecule has 1 atom stereocenters. The summed E-state index contributed by atoms with van der Waals surface area (Å²) < 4.78 is 0. The molecule has 1 aromatic rings. The molecule has 1 aromatic heterocycles. The van der Waals surface area contributed by atoms with Gasteiger partial charge in [0.2, 0.25) is 11.9 Å². The first-order valence-corrected chi connectivity index (χ1v) is 21.3. The molecule has 8 heteroatoms. The largest absolute Gasteiger partial charge is 0.349 e. The summed E-state index contributed by atoms with van der Waals surface area (Å²) in [6, 6.07) is 0.873. The third-order valence-corrected chi connectivity index (χ3v) is 10.4. The van der Waals surface area contributed by atoms with Crippen LogP contribution in [-0.2, 0) is 5.41 Å². The van der Waals surface area contributed by atoms with Crippen LogP contribution in [0.2, 0.25) is 0 Å². The molecule has 2 heterocycles. The SMILES string of the molecule is CCC(CC(C)(C)NC(C)(C)C)N(CCCCCCN(c1nc(NC(C)(C)CC(C)(C)C)nc(C(C)(C)C)n1)C1CC(C)(C)NC(C)(C)C1)C(C)(C)C. The van der Waals surface area contributed by atoms with E-state index in [1.165, 1.54) is 19.3 Å². The Kier molecular flexibility index (Phi) is 15.6. The second-order valence-electron chi connectivity index (χ2n) is 23.7. The minimum atomic E-state index is -0.200. The Balaban J connectivity index is 2.34. The molecule has 3 N–H and O–H groups in total. The van der Waals surface area contributed by atoms with Crippen LogP contribution in [-0.4, -0.2) is 78.3 Å². The Morgan fingerprint density at radius 2 is 1.25 bits per heavy atom. The number of hydrogen-bond acceptors (Lipinski definition) is 8. The molecule has 0 aromatic carbocycles. The van der Waals surface area contributed by atoms with Gasteiger partial charge in [-0.25, -0.2) is 0 Å². The molecular weight excluding hydrogens is 653 g/mol. The van der Waals surface area contributed by atoms with Crippen molar-refractivity contribution in [2.45, 2.75) is 254 Å². The van der Waals surface area contributed by atoms with Crippen LogP contribution in [0.3, 0.4) is 0 Å². The van der Waals surface area contributed by atoms with E-state index < -0.39 is 0 Å². The van der Waals surface area contributed by atoms with Crippen LogP contribution in [0.1, 0.15) is 209 Å². The van der Waals surface area contributed by atoms with Gasteiger partial charge in [0, 0.05) is 57.3 Å². The molecule has 8 nitrogen and oxygen atoms in total. The molecule has 1 fully saturated rings. The van der Waals surface area contributed by atoms with E-state index in [9.17, 15) is 0 Å². The van der Waals surface area contributed by atoms with Crippen molar-refractivity contribution in [3.63, 3.8) is 0 Å². The molecule has 1 unspecified atom stereocenters. The molecule has 0 saturated carbocycles. The van der Waals surface area contributed by atoms with Crippen LogP contribution in [0.4, 0.5) is 11.9 Å². The Morgan fingerprint density at radius 1 is 0.717 bits per heavy atom. The lowest BCUT2D eigenvalue weighted by molar-refractivity contribution is 0.0542. The summed E-state index contributed by atoms with van der Waals surface area (Å²) in [6.45, 7) is 50.7. The standard InChI is InChI=1S/C45H90N8/c1-22-33(29-42(14,15)50-40(8,9)10)53(41(11,12)13)28-26-24-23-25-27-52(34-30-43(16,17)51-44(18,19)31-34)37-47-35(39(5,6)7)46-36(48-37)49-45(20,21)32-38(2,3)4/h33-34,50-51H,22-32H2,1-21H3,(H,46,47,48,49). The summed E-state index contributed by atoms with van der Waals surface area (Å²) in [4.78, 5) is 20.9. The predicted molar refractivity (Wildman–Crippen MR) is 233 cm³/mol. The summed E-state index contributed by atoms with van der Waals surface area (Å²) >= 11 is 0. The maximum Gasteiger partial charge on any atom is 0.230 e. The highest BCUT2D eigenvalue weighted by Crippen LogP contribution is 2.35. The van der Waals surface area contributed by atoms with Crippen LogP contribution < -0.4 is 20.9 Å². The Morgan fingerprint density at radius 3 is 1.70 bits per heavy atom. The first-order chi connectivity index (χ1) is 23.6. The van der Waals surface area contributed by atoms with Crippen LogP contribution >= 0.6 is 0 Å². The van der Waals surface area contributed by atoms with E-state index in [0.717, 1.165) is 63.4 Å². The quantitative estimate of drug-likeness (QED) is 0.136. The average Bonchev–Trinajstić information content (AvgIpc) is 2.87. The van der Waals surface area contributed by atoms with Gasteiger partial charge in [0.25, 0.3) is 0 Å². The first-order valence-electron chi connectivity index (χ1n) is 21.3. The molecule has 0 bridgehead atoms. The number of piperidine rings is 1. The molecule has 310 valence electrons. The van der Waals surface area contributed by atoms with Gasteiger partial charge in [-0.2, -0.15) is 15.0 Å². The van der Waals surface area contributed by atoms with Crippen LogP contribution in [0.25, 0.3) is 0 Å². The molecule has 1 saturated heterocycles. The number of aromatic nitrogens is 3. The fraction of sp³-hybridized carbons (Fsp3) is 0.933. The molecule has 0 spiro atoms. The number of nitrogens with zero attached hydrogens (tertiary/aromatic N) is 5. The molecule has 53 heavy (non-hydrogen) atoms. The monoisotopic (exact) mass is 743 g/mol. The maximum atomic E-state index is 5.26. The van der Waals surface area contributed by atoms with Crippen molar-refractivity contribution in [1.29, 1.82) is 0 Å². The zero-order valence-corrected chi connectivity index (χ0v) is 39.2. The number of unbranched alkanes of at least 4 members (excludes halogenated alkanes) is 3. The molecule has 2 rings (SSSR count). The van der Waals surface area contributed by atoms with Crippen LogP contribution in [0.15, 0.2) is 0 Å². The summed E-state index contributed by atoms with van der Waals surface area (Å²) in [6.07, 6.45) is 10.2. The minimum Gasteiger partial charge on any atom is -0.349 e. The maximum absolute atomic E-state index is 5.26. The fourth-order valence-corrected chi connectivity index (χ4v) is 9.61. The van der Waals surface area contributed by atoms with Gasteiger partial charge in [-0.3, -0.25) is 4.90 Å². The van der Waals surface area contributed by atoms with Gasteiger partial charge in [-0.05, 0) is 154 Å². The molecule has 0 amide bonds. The highest BCUT2D eigenvalue weighted by atomic mass is 15.3. The van der Waals surface area contributed by atoms with E-state index in [-0.39, 0.29) is 44.1 Å². The van der Waals surface area contributed by atoms with Gasteiger partial charge in [0.05, 0.1) is 0 Å². The molecule has 0 aliphatic carbocycles. The Bertz CT molecular complexity index is 1250. The van der Waals surface area contributed by atoms with E-state index in [2.05, 4.69) is 171 Å². The molecule has 1 aliphatic heterocycles. The van der Waals surface area contributed by atoms with E-state index in [0.29, 0.717) is 18.0 Å². The van der Waals surface area contributed by atoms with E-state index in [1.54, 1.807) is 0 Å². The summed E-state index contributed by atoms with van der Waals surface area (Å²) in [7, 11) is 0. The van der Waals surface area contributed by atoms with Gasteiger partial charge in [-0.1, -0.05) is 61.3 Å². The van der Waals surface area contributed by atoms with Gasteiger partial charge in [0.1, 0.15) is 5.82 Å². The van der Waals surface area contributed by atoms with Crippen molar-refractivity contribution in [2.24, 2.45) is 5.41 Å². The second-order valence-corrected chi connectivity index (χ2v) is 23.7. The lowest BCUT2D eigenvalue weighted by atomic mass is 9.79. The normalized spacial score (nSPS) is 18.4. The topological polar surface area (TPSA) is 81.2 Å². The fourth-order valence-electron chi connectivity index (χ4n) is 9.61. The summed E-state index contributed by atoms with van der Waals surface area (Å²) in [5, 5.41) is 11.6. The lowest BCUT2D eigenvalue weighted by Gasteiger charge is -2.49. The van der Waals surface area contributed by atoms with Crippen LogP contribution in [0.5, 0.6) is 0 Å². The minimum absolute atomic E-state index is 0.0174. The van der Waals surface area contributed by atoms with Gasteiger partial charge in [-0.15, -0.1) is 0 Å². The van der Waals surface area contributed by atoms with Crippen molar-refractivity contribution in [1.82, 2.24) is 30.5 Å². The average molecular weight is 743 g/mol. The summed E-state index contributed by atoms with van der Waals surface area (Å²) in [5.41, 5.74) is 0.147.